The Kier molecular flexibility index (Phi) is 6.54. The first-order chi connectivity index (χ1) is 14.4. The third-order valence-corrected chi connectivity index (χ3v) is 5.19. The lowest BCUT2D eigenvalue weighted by molar-refractivity contribution is -0.138. The van der Waals surface area contributed by atoms with Crippen molar-refractivity contribution in [1.29, 1.82) is 0 Å². The molecular weight excluding hydrogens is 414 g/mol. The van der Waals surface area contributed by atoms with E-state index in [4.69, 9.17) is 9.52 Å². The molecule has 3 rings (SSSR count). The predicted octanol–water partition coefficient (Wildman–Crippen LogP) is 0.705. The van der Waals surface area contributed by atoms with Crippen LogP contribution >= 0.6 is 0 Å². The number of hydrogen-bond acceptors (Lipinski definition) is 6. The van der Waals surface area contributed by atoms with Crippen molar-refractivity contribution < 1.29 is 28.1 Å². The van der Waals surface area contributed by atoms with E-state index in [9.17, 15) is 23.4 Å². The van der Waals surface area contributed by atoms with Gasteiger partial charge in [0.05, 0.1) is 22.9 Å². The highest BCUT2D eigenvalue weighted by Gasteiger charge is 2.16. The number of carboxylic acids is 1. The van der Waals surface area contributed by atoms with Crippen LogP contribution in [0.1, 0.15) is 22.3 Å². The summed E-state index contributed by atoms with van der Waals surface area (Å²) in [7, 11) is -1.55. The minimum atomic E-state index is -1.55. The Morgan fingerprint density at radius 3 is 2.60 bits per heavy atom. The zero-order valence-corrected chi connectivity index (χ0v) is 16.2. The van der Waals surface area contributed by atoms with Crippen LogP contribution in [0.2, 0.25) is 0 Å². The topological polar surface area (TPSA) is 159 Å². The fourth-order valence-electron chi connectivity index (χ4n) is 2.63. The molecule has 4 N–H and O–H groups in total. The maximum Gasteiger partial charge on any atom is 0.417 e. The second-order valence-corrected chi connectivity index (χ2v) is 7.57. The number of oxazole rings is 1. The summed E-state index contributed by atoms with van der Waals surface area (Å²) in [4.78, 5) is 47.8. The number of benzene rings is 2. The van der Waals surface area contributed by atoms with E-state index in [2.05, 4.69) is 15.0 Å². The third-order valence-electron chi connectivity index (χ3n) is 4.10. The van der Waals surface area contributed by atoms with Gasteiger partial charge in [-0.15, -0.1) is 0 Å². The monoisotopic (exact) mass is 431 g/mol. The number of carboxylic acid groups (broad SMARTS) is 1. The van der Waals surface area contributed by atoms with Gasteiger partial charge >= 0.3 is 11.7 Å². The number of aromatic amines is 1. The summed E-state index contributed by atoms with van der Waals surface area (Å²) in [5, 5.41) is 11.0. The normalized spacial score (nSPS) is 12.9. The number of aliphatic carboxylic acids is 1. The summed E-state index contributed by atoms with van der Waals surface area (Å²) >= 11 is 0. The first-order valence-electron chi connectivity index (χ1n) is 8.71. The smallest absolute Gasteiger partial charge is 0.417 e. The van der Waals surface area contributed by atoms with Crippen LogP contribution in [0.4, 0.5) is 0 Å². The van der Waals surface area contributed by atoms with Crippen molar-refractivity contribution in [1.82, 2.24) is 15.0 Å². The molecule has 1 amide bonds. The summed E-state index contributed by atoms with van der Waals surface area (Å²) in [5.41, 5.74) is 1.82. The molecule has 0 radical (unpaired) electrons. The molecule has 3 aromatic rings. The molecule has 156 valence electrons. The van der Waals surface area contributed by atoms with E-state index in [0.717, 1.165) is 5.56 Å². The molecule has 2 aromatic carbocycles. The first kappa shape index (κ1) is 21.1. The molecule has 2 atom stereocenters. The average molecular weight is 431 g/mol. The van der Waals surface area contributed by atoms with Gasteiger partial charge in [0.1, 0.15) is 17.3 Å². The third kappa shape index (κ3) is 5.27. The molecule has 0 spiro atoms. The van der Waals surface area contributed by atoms with Gasteiger partial charge in [0.15, 0.2) is 5.58 Å². The number of fused-ring (bicyclic) bond motifs is 1. The second kappa shape index (κ2) is 9.29. The molecule has 0 aliphatic rings. The van der Waals surface area contributed by atoms with E-state index >= 15 is 0 Å². The number of aldehydes is 1. The summed E-state index contributed by atoms with van der Waals surface area (Å²) in [6, 6.07) is 9.88. The second-order valence-electron chi connectivity index (χ2n) is 6.27. The van der Waals surface area contributed by atoms with Gasteiger partial charge in [0.25, 0.3) is 5.91 Å². The van der Waals surface area contributed by atoms with Gasteiger partial charge in [-0.2, -0.15) is 0 Å². The van der Waals surface area contributed by atoms with Crippen LogP contribution < -0.4 is 15.8 Å². The number of aromatic nitrogens is 1. The highest BCUT2D eigenvalue weighted by Crippen LogP contribution is 2.15. The summed E-state index contributed by atoms with van der Waals surface area (Å²) in [6.07, 6.45) is -0.127. The molecule has 1 heterocycles. The minimum Gasteiger partial charge on any atom is -0.481 e. The van der Waals surface area contributed by atoms with Crippen LogP contribution in [0.3, 0.4) is 0 Å². The Labute approximate surface area is 171 Å². The van der Waals surface area contributed by atoms with Crippen molar-refractivity contribution in [3.63, 3.8) is 0 Å². The van der Waals surface area contributed by atoms with Crippen LogP contribution in [-0.2, 0) is 27.1 Å². The first-order valence-corrected chi connectivity index (χ1v) is 9.85. The van der Waals surface area contributed by atoms with Crippen LogP contribution in [0, 0.1) is 0 Å². The summed E-state index contributed by atoms with van der Waals surface area (Å²) < 4.78 is 20.2. The number of amides is 1. The van der Waals surface area contributed by atoms with Crippen molar-refractivity contribution in [3.8, 4) is 0 Å². The van der Waals surface area contributed by atoms with Gasteiger partial charge in [-0.05, 0) is 35.9 Å². The van der Waals surface area contributed by atoms with E-state index in [-0.39, 0.29) is 12.1 Å². The molecule has 1 unspecified atom stereocenters. The lowest BCUT2D eigenvalue weighted by Crippen LogP contribution is -2.37. The summed E-state index contributed by atoms with van der Waals surface area (Å²) in [5.74, 6) is -2.36. The standard InChI is InChI=1S/C19H17N3O7S/c23-10-13(7-17(24)25)21-18(26)12-3-1-11(2-4-12)9-20-30(28)14-5-6-16-15(8-14)22-19(27)29-16/h1-6,8,10,13,20H,7,9H2,(H,21,26)(H,22,27)(H,24,25)/t13-,30?/m0/s1. The number of hydrogen-bond donors (Lipinski definition) is 4. The predicted molar refractivity (Wildman–Crippen MR) is 106 cm³/mol. The molecule has 0 fully saturated rings. The van der Waals surface area contributed by atoms with E-state index < -0.39 is 41.1 Å². The molecule has 1 aromatic heterocycles. The van der Waals surface area contributed by atoms with Crippen molar-refractivity contribution in [2.45, 2.75) is 23.9 Å². The number of H-pyrrole nitrogens is 1. The minimum absolute atomic E-state index is 0.241. The molecule has 0 saturated carbocycles. The lowest BCUT2D eigenvalue weighted by Gasteiger charge is -2.11. The highest BCUT2D eigenvalue weighted by molar-refractivity contribution is 7.83. The van der Waals surface area contributed by atoms with Crippen LogP contribution in [-0.4, -0.2) is 38.5 Å². The zero-order chi connectivity index (χ0) is 21.7. The van der Waals surface area contributed by atoms with E-state index in [0.29, 0.717) is 22.3 Å². The molecule has 10 nitrogen and oxygen atoms in total. The molecule has 30 heavy (non-hydrogen) atoms. The van der Waals surface area contributed by atoms with Crippen molar-refractivity contribution in [3.05, 3.63) is 64.1 Å². The SMILES string of the molecule is O=C[C@H](CC(=O)O)NC(=O)c1ccc(CNS(=O)c2ccc3oc(=O)[nH]c3c2)cc1. The molecule has 0 aliphatic heterocycles. The molecule has 0 saturated heterocycles. The van der Waals surface area contributed by atoms with Crippen LogP contribution in [0.5, 0.6) is 0 Å². The fraction of sp³-hybridized carbons (Fsp3) is 0.158. The Morgan fingerprint density at radius 2 is 1.93 bits per heavy atom. The maximum atomic E-state index is 12.4. The Balaban J connectivity index is 1.58. The van der Waals surface area contributed by atoms with Crippen molar-refractivity contribution in [2.75, 3.05) is 0 Å². The van der Waals surface area contributed by atoms with Gasteiger partial charge in [0.2, 0.25) is 0 Å². The van der Waals surface area contributed by atoms with Crippen molar-refractivity contribution in [2.24, 2.45) is 0 Å². The van der Waals surface area contributed by atoms with E-state index in [1.807, 2.05) is 0 Å². The fourth-order valence-corrected chi connectivity index (χ4v) is 3.51. The van der Waals surface area contributed by atoms with Crippen LogP contribution in [0.15, 0.2) is 56.6 Å². The van der Waals surface area contributed by atoms with E-state index in [1.165, 1.54) is 12.1 Å². The largest absolute Gasteiger partial charge is 0.481 e. The number of carbonyl (C=O) groups excluding carboxylic acids is 2. The number of nitrogens with one attached hydrogen (secondary N) is 3. The lowest BCUT2D eigenvalue weighted by atomic mass is 10.1. The van der Waals surface area contributed by atoms with Gasteiger partial charge in [-0.3, -0.25) is 14.6 Å². The summed E-state index contributed by atoms with van der Waals surface area (Å²) in [6.45, 7) is 0.241. The molecule has 0 aliphatic carbocycles. The van der Waals surface area contributed by atoms with Gasteiger partial charge < -0.3 is 19.6 Å². The average Bonchev–Trinajstić information content (AvgIpc) is 3.10. The maximum absolute atomic E-state index is 12.4. The Bertz CT molecular complexity index is 1170. The molecule has 0 bridgehead atoms. The van der Waals surface area contributed by atoms with Crippen molar-refractivity contribution >= 4 is 40.2 Å². The highest BCUT2D eigenvalue weighted by atomic mass is 32.2. The van der Waals surface area contributed by atoms with E-state index in [1.54, 1.807) is 30.3 Å². The molecular formula is C19H17N3O7S. The van der Waals surface area contributed by atoms with Gasteiger partial charge in [-0.1, -0.05) is 12.1 Å². The quantitative estimate of drug-likeness (QED) is 0.363. The Hall–Kier alpha value is -3.57. The van der Waals surface area contributed by atoms with Gasteiger partial charge in [-0.25, -0.2) is 13.7 Å². The number of carbonyl (C=O) groups is 3. The Morgan fingerprint density at radius 1 is 1.20 bits per heavy atom. The molecule has 11 heteroatoms. The number of rotatable bonds is 9. The van der Waals surface area contributed by atoms with Gasteiger partial charge in [0, 0.05) is 12.1 Å². The van der Waals surface area contributed by atoms with Crippen LogP contribution in [0.25, 0.3) is 11.1 Å². The zero-order valence-electron chi connectivity index (χ0n) is 15.4.